The number of hydrogen-bond acceptors (Lipinski definition) is 3. The van der Waals surface area contributed by atoms with Gasteiger partial charge in [-0.15, -0.1) is 36.2 Å². The van der Waals surface area contributed by atoms with Crippen LogP contribution in [0.15, 0.2) is 5.38 Å². The molecule has 1 N–H and O–H groups in total. The van der Waals surface area contributed by atoms with Crippen LogP contribution >= 0.6 is 36.2 Å². The van der Waals surface area contributed by atoms with Crippen LogP contribution in [0.25, 0.3) is 0 Å². The molecular formula is C11H20Cl2N2S. The molecule has 1 aromatic rings. The summed E-state index contributed by atoms with van der Waals surface area (Å²) in [6, 6.07) is 0. The van der Waals surface area contributed by atoms with Crippen molar-refractivity contribution < 1.29 is 0 Å². The SMILES string of the molecule is CC(C)c1csc(C2CCNCC2)n1.Cl.Cl. The normalized spacial score (nSPS) is 16.7. The van der Waals surface area contributed by atoms with Gasteiger partial charge in [0.15, 0.2) is 0 Å². The summed E-state index contributed by atoms with van der Waals surface area (Å²) in [5.74, 6) is 1.29. The van der Waals surface area contributed by atoms with Gasteiger partial charge in [-0.1, -0.05) is 13.8 Å². The molecular weight excluding hydrogens is 263 g/mol. The standard InChI is InChI=1S/C11H18N2S.2ClH/c1-8(2)10-7-14-11(13-10)9-3-5-12-6-4-9;;/h7-9,12H,3-6H2,1-2H3;2*1H. The van der Waals surface area contributed by atoms with E-state index >= 15 is 0 Å². The van der Waals surface area contributed by atoms with Crippen LogP contribution in [0.5, 0.6) is 0 Å². The van der Waals surface area contributed by atoms with Crippen molar-refractivity contribution in [3.8, 4) is 0 Å². The Balaban J connectivity index is 0.00000112. The summed E-state index contributed by atoms with van der Waals surface area (Å²) < 4.78 is 0. The average Bonchev–Trinajstić information content (AvgIpc) is 2.68. The van der Waals surface area contributed by atoms with Crippen LogP contribution in [-0.2, 0) is 0 Å². The molecule has 5 heteroatoms. The quantitative estimate of drug-likeness (QED) is 0.897. The first-order valence-corrected chi connectivity index (χ1v) is 6.31. The summed E-state index contributed by atoms with van der Waals surface area (Å²) in [7, 11) is 0. The summed E-state index contributed by atoms with van der Waals surface area (Å²) in [5.41, 5.74) is 1.27. The van der Waals surface area contributed by atoms with Gasteiger partial charge in [-0.3, -0.25) is 0 Å². The minimum absolute atomic E-state index is 0. The molecule has 0 amide bonds. The maximum absolute atomic E-state index is 4.72. The summed E-state index contributed by atoms with van der Waals surface area (Å²) >= 11 is 1.85. The molecule has 0 saturated carbocycles. The Labute approximate surface area is 114 Å². The van der Waals surface area contributed by atoms with Crippen LogP contribution in [-0.4, -0.2) is 18.1 Å². The first-order chi connectivity index (χ1) is 6.77. The largest absolute Gasteiger partial charge is 0.317 e. The molecule has 0 unspecified atom stereocenters. The fraction of sp³-hybridized carbons (Fsp3) is 0.727. The highest BCUT2D eigenvalue weighted by Gasteiger charge is 2.18. The van der Waals surface area contributed by atoms with Gasteiger partial charge < -0.3 is 5.32 Å². The Hall–Kier alpha value is 0.170. The van der Waals surface area contributed by atoms with Crippen LogP contribution in [0.1, 0.15) is 49.2 Å². The van der Waals surface area contributed by atoms with Crippen LogP contribution < -0.4 is 5.32 Å². The third-order valence-electron chi connectivity index (χ3n) is 2.82. The van der Waals surface area contributed by atoms with Crippen molar-refractivity contribution in [3.63, 3.8) is 0 Å². The van der Waals surface area contributed by atoms with E-state index in [1.165, 1.54) is 23.5 Å². The maximum atomic E-state index is 4.72. The number of halogens is 2. The van der Waals surface area contributed by atoms with E-state index in [4.69, 9.17) is 4.98 Å². The number of nitrogens with one attached hydrogen (secondary N) is 1. The summed E-state index contributed by atoms with van der Waals surface area (Å²) in [6.07, 6.45) is 2.51. The second kappa shape index (κ2) is 7.49. The highest BCUT2D eigenvalue weighted by Crippen LogP contribution is 2.29. The topological polar surface area (TPSA) is 24.9 Å². The molecule has 16 heavy (non-hydrogen) atoms. The summed E-state index contributed by atoms with van der Waals surface area (Å²) in [4.78, 5) is 4.72. The van der Waals surface area contributed by atoms with E-state index in [-0.39, 0.29) is 24.8 Å². The van der Waals surface area contributed by atoms with Crippen molar-refractivity contribution in [2.24, 2.45) is 0 Å². The van der Waals surface area contributed by atoms with Gasteiger partial charge in [0.25, 0.3) is 0 Å². The number of piperidine rings is 1. The molecule has 0 bridgehead atoms. The van der Waals surface area contributed by atoms with E-state index in [0.29, 0.717) is 11.8 Å². The van der Waals surface area contributed by atoms with E-state index in [1.54, 1.807) is 0 Å². The number of rotatable bonds is 2. The van der Waals surface area contributed by atoms with Gasteiger partial charge in [0.05, 0.1) is 10.7 Å². The Morgan fingerprint density at radius 2 is 1.94 bits per heavy atom. The molecule has 1 fully saturated rings. The first-order valence-electron chi connectivity index (χ1n) is 5.43. The van der Waals surface area contributed by atoms with E-state index in [0.717, 1.165) is 13.1 Å². The van der Waals surface area contributed by atoms with Gasteiger partial charge in [-0.25, -0.2) is 4.98 Å². The predicted octanol–water partition coefficient (Wildman–Crippen LogP) is 3.58. The first kappa shape index (κ1) is 16.2. The minimum Gasteiger partial charge on any atom is -0.317 e. The van der Waals surface area contributed by atoms with Gasteiger partial charge in [0, 0.05) is 11.3 Å². The lowest BCUT2D eigenvalue weighted by Crippen LogP contribution is -2.26. The number of thiazole rings is 1. The number of hydrogen-bond donors (Lipinski definition) is 1. The highest BCUT2D eigenvalue weighted by molar-refractivity contribution is 7.09. The fourth-order valence-electron chi connectivity index (χ4n) is 1.82. The Kier molecular flexibility index (Phi) is 7.57. The number of aromatic nitrogens is 1. The van der Waals surface area contributed by atoms with Crippen molar-refractivity contribution in [2.75, 3.05) is 13.1 Å². The molecule has 0 aliphatic carbocycles. The van der Waals surface area contributed by atoms with Gasteiger partial charge >= 0.3 is 0 Å². The Bertz CT molecular complexity index is 296. The van der Waals surface area contributed by atoms with E-state index in [1.807, 2.05) is 11.3 Å². The Morgan fingerprint density at radius 1 is 1.31 bits per heavy atom. The van der Waals surface area contributed by atoms with Crippen molar-refractivity contribution in [1.82, 2.24) is 10.3 Å². The van der Waals surface area contributed by atoms with Crippen LogP contribution in [0, 0.1) is 0 Å². The van der Waals surface area contributed by atoms with Crippen LogP contribution in [0.4, 0.5) is 0 Å². The van der Waals surface area contributed by atoms with E-state index < -0.39 is 0 Å². The molecule has 2 rings (SSSR count). The third-order valence-corrected chi connectivity index (χ3v) is 3.85. The monoisotopic (exact) mass is 282 g/mol. The molecule has 2 nitrogen and oxygen atoms in total. The lowest BCUT2D eigenvalue weighted by molar-refractivity contribution is 0.458. The molecule has 0 radical (unpaired) electrons. The molecule has 1 aromatic heterocycles. The van der Waals surface area contributed by atoms with E-state index in [2.05, 4.69) is 24.5 Å². The Morgan fingerprint density at radius 3 is 2.44 bits per heavy atom. The smallest absolute Gasteiger partial charge is 0.0960 e. The maximum Gasteiger partial charge on any atom is 0.0960 e. The predicted molar refractivity (Wildman–Crippen MR) is 75.5 cm³/mol. The zero-order valence-electron chi connectivity index (χ0n) is 9.73. The zero-order chi connectivity index (χ0) is 9.97. The molecule has 1 aliphatic heterocycles. The van der Waals surface area contributed by atoms with Crippen molar-refractivity contribution in [2.45, 2.75) is 38.5 Å². The van der Waals surface area contributed by atoms with Crippen LogP contribution in [0.3, 0.4) is 0 Å². The summed E-state index contributed by atoms with van der Waals surface area (Å²) in [5, 5.41) is 6.97. The second-order valence-corrected chi connectivity index (χ2v) is 5.18. The van der Waals surface area contributed by atoms with Gasteiger partial charge in [0.2, 0.25) is 0 Å². The third kappa shape index (κ3) is 3.88. The lowest BCUT2D eigenvalue weighted by Gasteiger charge is -2.20. The molecule has 1 aliphatic rings. The van der Waals surface area contributed by atoms with Crippen molar-refractivity contribution in [1.29, 1.82) is 0 Å². The van der Waals surface area contributed by atoms with Gasteiger partial charge in [0.1, 0.15) is 0 Å². The lowest BCUT2D eigenvalue weighted by atomic mass is 9.99. The van der Waals surface area contributed by atoms with Crippen molar-refractivity contribution in [3.05, 3.63) is 16.1 Å². The molecule has 2 heterocycles. The fourth-order valence-corrected chi connectivity index (χ4v) is 2.97. The summed E-state index contributed by atoms with van der Waals surface area (Å²) in [6.45, 7) is 6.73. The zero-order valence-corrected chi connectivity index (χ0v) is 12.2. The van der Waals surface area contributed by atoms with Crippen LogP contribution in [0.2, 0.25) is 0 Å². The molecule has 94 valence electrons. The highest BCUT2D eigenvalue weighted by atomic mass is 35.5. The second-order valence-electron chi connectivity index (χ2n) is 4.29. The van der Waals surface area contributed by atoms with E-state index in [9.17, 15) is 0 Å². The average molecular weight is 283 g/mol. The molecule has 0 aromatic carbocycles. The minimum atomic E-state index is 0. The number of nitrogens with zero attached hydrogens (tertiary/aromatic N) is 1. The van der Waals surface area contributed by atoms with Crippen molar-refractivity contribution >= 4 is 36.2 Å². The molecule has 0 spiro atoms. The molecule has 1 saturated heterocycles. The van der Waals surface area contributed by atoms with Gasteiger partial charge in [-0.05, 0) is 31.8 Å². The van der Waals surface area contributed by atoms with Gasteiger partial charge in [-0.2, -0.15) is 0 Å². The molecule has 0 atom stereocenters.